The second-order valence-electron chi connectivity index (χ2n) is 6.45. The van der Waals surface area contributed by atoms with E-state index in [1.54, 1.807) is 5.56 Å². The van der Waals surface area contributed by atoms with Gasteiger partial charge in [0.05, 0.1) is 5.69 Å². The maximum Gasteiger partial charge on any atom is 0.204 e. The van der Waals surface area contributed by atoms with Gasteiger partial charge in [0.25, 0.3) is 0 Å². The zero-order chi connectivity index (χ0) is 15.1. The lowest BCUT2D eigenvalue weighted by atomic mass is 9.79. The van der Waals surface area contributed by atoms with Crippen LogP contribution in [0.25, 0.3) is 0 Å². The molecule has 118 valence electrons. The summed E-state index contributed by atoms with van der Waals surface area (Å²) in [6, 6.07) is 0. The van der Waals surface area contributed by atoms with Gasteiger partial charge in [-0.15, -0.1) is 0 Å². The smallest absolute Gasteiger partial charge is 0.204 e. The van der Waals surface area contributed by atoms with E-state index in [0.717, 1.165) is 11.8 Å². The van der Waals surface area contributed by atoms with Crippen LogP contribution in [0.5, 0.6) is 0 Å². The first-order valence-corrected chi connectivity index (χ1v) is 8.45. The van der Waals surface area contributed by atoms with Crippen LogP contribution in [0.15, 0.2) is 6.20 Å². The lowest BCUT2D eigenvalue weighted by molar-refractivity contribution is -0.106. The van der Waals surface area contributed by atoms with Gasteiger partial charge in [-0.1, -0.05) is 38.5 Å². The lowest BCUT2D eigenvalue weighted by Crippen LogP contribution is -2.11. The number of amides is 1. The van der Waals surface area contributed by atoms with Crippen LogP contribution < -0.4 is 5.73 Å². The zero-order valence-electron chi connectivity index (χ0n) is 13.3. The van der Waals surface area contributed by atoms with Crippen molar-refractivity contribution >= 4 is 6.41 Å². The van der Waals surface area contributed by atoms with Crippen LogP contribution in [0, 0.1) is 0 Å². The molecule has 4 nitrogen and oxygen atoms in total. The molecule has 0 aliphatic heterocycles. The predicted octanol–water partition coefficient (Wildman–Crippen LogP) is 3.62. The molecule has 2 fully saturated rings. The van der Waals surface area contributed by atoms with Crippen molar-refractivity contribution in [1.82, 2.24) is 9.78 Å². The van der Waals surface area contributed by atoms with Crippen molar-refractivity contribution in [2.24, 2.45) is 12.8 Å². The Morgan fingerprint density at radius 3 is 2.05 bits per heavy atom. The van der Waals surface area contributed by atoms with E-state index in [1.807, 2.05) is 0 Å². The Kier molecular flexibility index (Phi) is 6.27. The summed E-state index contributed by atoms with van der Waals surface area (Å²) < 4.78 is 2.06. The summed E-state index contributed by atoms with van der Waals surface area (Å²) >= 11 is 0. The van der Waals surface area contributed by atoms with Crippen LogP contribution in [0.3, 0.4) is 0 Å². The third-order valence-corrected chi connectivity index (χ3v) is 4.92. The summed E-state index contributed by atoms with van der Waals surface area (Å²) in [6.07, 6.45) is 16.6. The van der Waals surface area contributed by atoms with Gasteiger partial charge in [-0.3, -0.25) is 9.48 Å². The minimum absolute atomic E-state index is 0.250. The molecule has 1 aromatic heterocycles. The van der Waals surface area contributed by atoms with Crippen molar-refractivity contribution in [3.63, 3.8) is 0 Å². The molecule has 1 amide bonds. The molecule has 2 aliphatic carbocycles. The number of nitrogens with two attached hydrogens (primary N) is 1. The van der Waals surface area contributed by atoms with Crippen LogP contribution >= 0.6 is 0 Å². The van der Waals surface area contributed by atoms with E-state index in [2.05, 4.69) is 23.7 Å². The Morgan fingerprint density at radius 2 is 1.52 bits per heavy atom. The first-order valence-electron chi connectivity index (χ1n) is 8.45. The third-order valence-electron chi connectivity index (χ3n) is 4.92. The number of rotatable bonds is 2. The summed E-state index contributed by atoms with van der Waals surface area (Å²) in [5.74, 6) is 1.57. The second-order valence-corrected chi connectivity index (χ2v) is 6.45. The highest BCUT2D eigenvalue weighted by Gasteiger charge is 2.26. The van der Waals surface area contributed by atoms with Gasteiger partial charge < -0.3 is 5.73 Å². The molecule has 2 saturated carbocycles. The zero-order valence-corrected chi connectivity index (χ0v) is 13.3. The van der Waals surface area contributed by atoms with Crippen molar-refractivity contribution in [2.45, 2.75) is 76.0 Å². The van der Waals surface area contributed by atoms with Crippen LogP contribution in [0.2, 0.25) is 0 Å². The summed E-state index contributed by atoms with van der Waals surface area (Å²) in [7, 11) is 2.10. The average Bonchev–Trinajstić information content (AvgIpc) is 2.92. The summed E-state index contributed by atoms with van der Waals surface area (Å²) in [6.45, 7) is 0. The maximum absolute atomic E-state index is 8.58. The first-order chi connectivity index (χ1) is 10.3. The van der Waals surface area contributed by atoms with E-state index in [0.29, 0.717) is 0 Å². The van der Waals surface area contributed by atoms with E-state index in [-0.39, 0.29) is 6.41 Å². The van der Waals surface area contributed by atoms with E-state index in [4.69, 9.17) is 9.89 Å². The number of nitrogens with zero attached hydrogens (tertiary/aromatic N) is 2. The van der Waals surface area contributed by atoms with Gasteiger partial charge in [-0.2, -0.15) is 5.10 Å². The molecule has 0 radical (unpaired) electrons. The van der Waals surface area contributed by atoms with Gasteiger partial charge in [-0.25, -0.2) is 0 Å². The molecule has 0 spiro atoms. The number of hydrogen-bond acceptors (Lipinski definition) is 2. The van der Waals surface area contributed by atoms with Gasteiger partial charge in [0.1, 0.15) is 0 Å². The Balaban J connectivity index is 0.000000497. The Hall–Kier alpha value is -1.32. The molecule has 0 unspecified atom stereocenters. The standard InChI is InChI=1S/C16H26N2.CH3NO/c1-18-12-15(13-8-4-2-5-9-13)16(17-18)14-10-6-3-7-11-14;2-1-3/h12-14H,2-11H2,1H3;1H,(H2,2,3). The van der Waals surface area contributed by atoms with Gasteiger partial charge in [0, 0.05) is 19.2 Å². The number of aromatic nitrogens is 2. The number of hydrogen-bond donors (Lipinski definition) is 1. The molecule has 0 saturated heterocycles. The molecule has 0 bridgehead atoms. The van der Waals surface area contributed by atoms with Crippen molar-refractivity contribution < 1.29 is 4.79 Å². The topological polar surface area (TPSA) is 60.9 Å². The molecule has 3 rings (SSSR count). The van der Waals surface area contributed by atoms with E-state index < -0.39 is 0 Å². The van der Waals surface area contributed by atoms with Crippen LogP contribution in [0.4, 0.5) is 0 Å². The SMILES string of the molecule is Cn1cc(C2CCCCC2)c(C2CCCCC2)n1.NC=O. The summed E-state index contributed by atoms with van der Waals surface area (Å²) in [5, 5.41) is 4.83. The Labute approximate surface area is 128 Å². The number of aryl methyl sites for hydroxylation is 1. The monoisotopic (exact) mass is 291 g/mol. The highest BCUT2D eigenvalue weighted by Crippen LogP contribution is 2.40. The fourth-order valence-corrected chi connectivity index (χ4v) is 3.95. The average molecular weight is 291 g/mol. The van der Waals surface area contributed by atoms with E-state index in [9.17, 15) is 0 Å². The van der Waals surface area contributed by atoms with Gasteiger partial charge in [0.2, 0.25) is 6.41 Å². The molecular formula is C17H29N3O. The highest BCUT2D eigenvalue weighted by molar-refractivity contribution is 5.42. The minimum atomic E-state index is 0.250. The van der Waals surface area contributed by atoms with E-state index in [1.165, 1.54) is 69.9 Å². The lowest BCUT2D eigenvalue weighted by Gasteiger charge is -2.25. The molecule has 2 aliphatic rings. The predicted molar refractivity (Wildman–Crippen MR) is 85.1 cm³/mol. The molecule has 0 aromatic carbocycles. The van der Waals surface area contributed by atoms with Crippen molar-refractivity contribution in [3.05, 3.63) is 17.5 Å². The van der Waals surface area contributed by atoms with Crippen molar-refractivity contribution in [2.75, 3.05) is 0 Å². The molecule has 0 atom stereocenters. The maximum atomic E-state index is 8.58. The van der Waals surface area contributed by atoms with Crippen molar-refractivity contribution in [1.29, 1.82) is 0 Å². The first kappa shape index (κ1) is 16.1. The molecule has 1 heterocycles. The quantitative estimate of drug-likeness (QED) is 0.846. The van der Waals surface area contributed by atoms with Crippen molar-refractivity contribution in [3.8, 4) is 0 Å². The van der Waals surface area contributed by atoms with Crippen LogP contribution in [-0.4, -0.2) is 16.2 Å². The largest absolute Gasteiger partial charge is 0.372 e. The fourth-order valence-electron chi connectivity index (χ4n) is 3.95. The molecular weight excluding hydrogens is 262 g/mol. The van der Waals surface area contributed by atoms with Gasteiger partial charge >= 0.3 is 0 Å². The minimum Gasteiger partial charge on any atom is -0.372 e. The number of carbonyl (C=O) groups is 1. The van der Waals surface area contributed by atoms with Gasteiger partial charge in [-0.05, 0) is 37.2 Å². The third kappa shape index (κ3) is 4.32. The normalized spacial score (nSPS) is 20.6. The number of primary amides is 1. The summed E-state index contributed by atoms with van der Waals surface area (Å²) in [4.78, 5) is 8.58. The molecule has 4 heteroatoms. The molecule has 21 heavy (non-hydrogen) atoms. The second kappa shape index (κ2) is 8.20. The van der Waals surface area contributed by atoms with E-state index >= 15 is 0 Å². The summed E-state index contributed by atoms with van der Waals surface area (Å²) in [5.41, 5.74) is 7.23. The fraction of sp³-hybridized carbons (Fsp3) is 0.765. The van der Waals surface area contributed by atoms with Gasteiger partial charge in [0.15, 0.2) is 0 Å². The van der Waals surface area contributed by atoms with Crippen LogP contribution in [-0.2, 0) is 11.8 Å². The molecule has 1 aromatic rings. The Bertz CT molecular complexity index is 394. The molecule has 2 N–H and O–H groups in total. The number of carbonyl (C=O) groups excluding carboxylic acids is 1. The highest BCUT2D eigenvalue weighted by atomic mass is 16.1. The Morgan fingerprint density at radius 1 is 1.05 bits per heavy atom. The van der Waals surface area contributed by atoms with Crippen LogP contribution in [0.1, 0.15) is 87.3 Å².